The molecule has 0 bridgehead atoms. The van der Waals surface area contributed by atoms with Gasteiger partial charge in [-0.05, 0) is 38.1 Å². The van der Waals surface area contributed by atoms with Gasteiger partial charge in [0.15, 0.2) is 0 Å². The van der Waals surface area contributed by atoms with Crippen molar-refractivity contribution in [3.05, 3.63) is 60.1 Å². The quantitative estimate of drug-likeness (QED) is 0.513. The molecule has 5 heteroatoms. The van der Waals surface area contributed by atoms with Gasteiger partial charge in [0, 0.05) is 33.9 Å². The molecule has 0 saturated carbocycles. The van der Waals surface area contributed by atoms with Crippen LogP contribution in [0, 0.1) is 6.92 Å². The second-order valence-electron chi connectivity index (χ2n) is 5.57. The monoisotopic (exact) mass is 420 g/mol. The topological polar surface area (TPSA) is 43.7 Å². The molecule has 2 heterocycles. The summed E-state index contributed by atoms with van der Waals surface area (Å²) in [4.78, 5) is 8.64. The normalized spacial score (nSPS) is 20.0. The molecule has 1 aliphatic heterocycles. The molecule has 0 spiro atoms. The van der Waals surface area contributed by atoms with E-state index >= 15 is 0 Å². The summed E-state index contributed by atoms with van der Waals surface area (Å²) in [5.74, 6) is 2.54. The zero-order valence-corrected chi connectivity index (χ0v) is 15.1. The van der Waals surface area contributed by atoms with Gasteiger partial charge in [0.05, 0.1) is 0 Å². The van der Waals surface area contributed by atoms with E-state index in [2.05, 4.69) is 39.5 Å². The second kappa shape index (κ2) is 6.70. The molecule has 0 unspecified atom stereocenters. The van der Waals surface area contributed by atoms with Crippen molar-refractivity contribution in [2.75, 3.05) is 0 Å². The number of aryl methyl sites for hydroxylation is 1. The third-order valence-electron chi connectivity index (χ3n) is 3.25. The fraction of sp³-hybridized carbons (Fsp3) is 0.222. The molecule has 3 rings (SSSR count). The van der Waals surface area contributed by atoms with Crippen molar-refractivity contribution >= 4 is 28.8 Å². The van der Waals surface area contributed by atoms with Crippen LogP contribution in [0.3, 0.4) is 0 Å². The average Bonchev–Trinajstić information content (AvgIpc) is 2.46. The van der Waals surface area contributed by atoms with E-state index in [9.17, 15) is 0 Å². The van der Waals surface area contributed by atoms with Crippen LogP contribution in [-0.2, 0) is 0 Å². The van der Waals surface area contributed by atoms with Crippen LogP contribution < -0.4 is 9.47 Å². The summed E-state index contributed by atoms with van der Waals surface area (Å²) in [7, 11) is 0. The third-order valence-corrected chi connectivity index (χ3v) is 4.00. The van der Waals surface area contributed by atoms with E-state index in [1.807, 2.05) is 61.7 Å². The Morgan fingerprint density at radius 3 is 2.57 bits per heavy atom. The van der Waals surface area contributed by atoms with Gasteiger partial charge >= 0.3 is 0 Å². The number of alkyl halides is 1. The predicted octanol–water partition coefficient (Wildman–Crippen LogP) is 5.07. The van der Waals surface area contributed by atoms with E-state index in [4.69, 9.17) is 9.47 Å². The number of aromatic nitrogens is 1. The van der Waals surface area contributed by atoms with E-state index in [0.29, 0.717) is 23.3 Å². The lowest BCUT2D eigenvalue weighted by Crippen LogP contribution is -2.17. The first-order chi connectivity index (χ1) is 11.0. The first kappa shape index (κ1) is 16.0. The Bertz CT molecular complexity index is 769. The fourth-order valence-corrected chi connectivity index (χ4v) is 2.60. The summed E-state index contributed by atoms with van der Waals surface area (Å²) < 4.78 is 11.7. The SMILES string of the molecule is Cc1cccc(Oc2cccc(OC3=C[C@](C)(I)CC=N3)c2)n1. The Labute approximate surface area is 149 Å². The number of rotatable bonds is 4. The van der Waals surface area contributed by atoms with Gasteiger partial charge in [-0.15, -0.1) is 0 Å². The second-order valence-corrected chi connectivity index (χ2v) is 8.04. The summed E-state index contributed by atoms with van der Waals surface area (Å²) in [5, 5.41) is 0. The van der Waals surface area contributed by atoms with E-state index in [1.54, 1.807) is 0 Å². The minimum absolute atomic E-state index is 0.0361. The molecule has 0 fully saturated rings. The van der Waals surface area contributed by atoms with E-state index in [0.717, 1.165) is 12.1 Å². The molecule has 0 N–H and O–H groups in total. The first-order valence-corrected chi connectivity index (χ1v) is 8.42. The minimum Gasteiger partial charge on any atom is -0.439 e. The maximum atomic E-state index is 5.85. The minimum atomic E-state index is 0.0361. The standard InChI is InChI=1S/C18H17IN2O2/c1-13-5-3-8-16(21-13)22-14-6-4-7-15(11-14)23-17-12-18(2,19)9-10-20-17/h3-8,10-12H,9H2,1-2H3/t18-/m1/s1. The zero-order chi connectivity index (χ0) is 16.3. The zero-order valence-electron chi connectivity index (χ0n) is 13.0. The Balaban J connectivity index is 1.75. The van der Waals surface area contributed by atoms with Crippen molar-refractivity contribution in [2.45, 2.75) is 23.7 Å². The van der Waals surface area contributed by atoms with E-state index < -0.39 is 0 Å². The Kier molecular flexibility index (Phi) is 4.66. The smallest absolute Gasteiger partial charge is 0.219 e. The maximum absolute atomic E-state index is 5.85. The Morgan fingerprint density at radius 2 is 1.83 bits per heavy atom. The number of pyridine rings is 1. The molecule has 1 aromatic heterocycles. The van der Waals surface area contributed by atoms with Crippen molar-refractivity contribution in [1.82, 2.24) is 4.98 Å². The van der Waals surface area contributed by atoms with E-state index in [-0.39, 0.29) is 3.42 Å². The van der Waals surface area contributed by atoms with Gasteiger partial charge in [-0.25, -0.2) is 9.98 Å². The number of hydrogen-bond acceptors (Lipinski definition) is 4. The number of nitrogens with zero attached hydrogens (tertiary/aromatic N) is 2. The molecular weight excluding hydrogens is 403 g/mol. The molecule has 0 aliphatic carbocycles. The summed E-state index contributed by atoms with van der Waals surface area (Å²) in [5.41, 5.74) is 0.915. The summed E-state index contributed by atoms with van der Waals surface area (Å²) in [6.07, 6.45) is 4.82. The first-order valence-electron chi connectivity index (χ1n) is 7.34. The highest BCUT2D eigenvalue weighted by molar-refractivity contribution is 14.1. The van der Waals surface area contributed by atoms with Crippen LogP contribution in [0.5, 0.6) is 17.4 Å². The predicted molar refractivity (Wildman–Crippen MR) is 99.7 cm³/mol. The number of aliphatic imine (C=N–C) groups is 1. The summed E-state index contributed by atoms with van der Waals surface area (Å²) >= 11 is 2.39. The molecule has 4 nitrogen and oxygen atoms in total. The molecule has 1 aromatic carbocycles. The number of halogens is 1. The van der Waals surface area contributed by atoms with Crippen molar-refractivity contribution in [2.24, 2.45) is 4.99 Å². The van der Waals surface area contributed by atoms with Crippen LogP contribution in [0.1, 0.15) is 19.0 Å². The molecule has 23 heavy (non-hydrogen) atoms. The molecule has 0 saturated heterocycles. The van der Waals surface area contributed by atoms with Crippen LogP contribution in [0.4, 0.5) is 0 Å². The van der Waals surface area contributed by atoms with Crippen molar-refractivity contribution in [3.8, 4) is 17.4 Å². The van der Waals surface area contributed by atoms with Crippen LogP contribution in [0.15, 0.2) is 59.4 Å². The van der Waals surface area contributed by atoms with E-state index in [1.165, 1.54) is 0 Å². The van der Waals surface area contributed by atoms with Crippen LogP contribution in [-0.4, -0.2) is 14.6 Å². The maximum Gasteiger partial charge on any atom is 0.219 e. The largest absolute Gasteiger partial charge is 0.439 e. The fourth-order valence-electron chi connectivity index (χ4n) is 2.14. The lowest BCUT2D eigenvalue weighted by Gasteiger charge is -2.20. The highest BCUT2D eigenvalue weighted by Gasteiger charge is 2.21. The van der Waals surface area contributed by atoms with Crippen molar-refractivity contribution in [3.63, 3.8) is 0 Å². The average molecular weight is 420 g/mol. The highest BCUT2D eigenvalue weighted by Crippen LogP contribution is 2.30. The van der Waals surface area contributed by atoms with Gasteiger partial charge in [0.1, 0.15) is 11.5 Å². The lowest BCUT2D eigenvalue weighted by molar-refractivity contribution is 0.407. The number of allylic oxidation sites excluding steroid dienone is 1. The van der Waals surface area contributed by atoms with Crippen LogP contribution in [0.2, 0.25) is 0 Å². The van der Waals surface area contributed by atoms with Gasteiger partial charge < -0.3 is 9.47 Å². The van der Waals surface area contributed by atoms with Crippen LogP contribution >= 0.6 is 22.6 Å². The summed E-state index contributed by atoms with van der Waals surface area (Å²) in [6.45, 7) is 4.08. The van der Waals surface area contributed by atoms with Crippen LogP contribution in [0.25, 0.3) is 0 Å². The van der Waals surface area contributed by atoms with Gasteiger partial charge in [-0.3, -0.25) is 0 Å². The highest BCUT2D eigenvalue weighted by atomic mass is 127. The van der Waals surface area contributed by atoms with Gasteiger partial charge in [0.25, 0.3) is 0 Å². The number of benzene rings is 1. The molecule has 1 atom stereocenters. The van der Waals surface area contributed by atoms with Gasteiger partial charge in [0.2, 0.25) is 11.8 Å². The molecular formula is C18H17IN2O2. The molecule has 118 valence electrons. The summed E-state index contributed by atoms with van der Waals surface area (Å²) in [6, 6.07) is 13.2. The number of ether oxygens (including phenoxy) is 2. The van der Waals surface area contributed by atoms with Gasteiger partial charge in [-0.1, -0.05) is 34.7 Å². The number of hydrogen-bond donors (Lipinski definition) is 0. The Morgan fingerprint density at radius 1 is 1.09 bits per heavy atom. The Hall–Kier alpha value is -1.89. The van der Waals surface area contributed by atoms with Crippen molar-refractivity contribution < 1.29 is 9.47 Å². The third kappa shape index (κ3) is 4.54. The van der Waals surface area contributed by atoms with Crippen molar-refractivity contribution in [1.29, 1.82) is 0 Å². The van der Waals surface area contributed by atoms with Gasteiger partial charge in [-0.2, -0.15) is 0 Å². The molecule has 1 aliphatic rings. The molecule has 0 amide bonds. The lowest BCUT2D eigenvalue weighted by atomic mass is 10.1. The molecule has 0 radical (unpaired) electrons. The molecule has 2 aromatic rings.